The van der Waals surface area contributed by atoms with E-state index in [-0.39, 0.29) is 29.3 Å². The van der Waals surface area contributed by atoms with Gasteiger partial charge in [0.2, 0.25) is 21.8 Å². The molecule has 0 aromatic heterocycles. The number of amides is 3. The number of carbonyl (C=O) groups excluding carboxylic acids is 3. The fourth-order valence-electron chi connectivity index (χ4n) is 4.19. The van der Waals surface area contributed by atoms with Crippen molar-refractivity contribution in [3.63, 3.8) is 0 Å². The molecule has 0 bridgehead atoms. The van der Waals surface area contributed by atoms with Crippen LogP contribution in [-0.4, -0.2) is 50.1 Å². The highest BCUT2D eigenvalue weighted by Gasteiger charge is 2.35. The van der Waals surface area contributed by atoms with Crippen LogP contribution < -0.4 is 15.8 Å². The summed E-state index contributed by atoms with van der Waals surface area (Å²) in [5, 5.41) is 0. The average molecular weight is 485 g/mol. The minimum absolute atomic E-state index is 0.0558. The van der Waals surface area contributed by atoms with Gasteiger partial charge in [-0.15, -0.1) is 0 Å². The largest absolute Gasteiger partial charge is 0.312 e. The molecule has 2 aliphatic rings. The summed E-state index contributed by atoms with van der Waals surface area (Å²) < 4.78 is 26.6. The minimum atomic E-state index is -3.56. The minimum Gasteiger partial charge on any atom is -0.312 e. The van der Waals surface area contributed by atoms with E-state index in [1.54, 1.807) is 4.90 Å². The summed E-state index contributed by atoms with van der Waals surface area (Å²) in [5.74, 6) is -1.77. The normalized spacial score (nSPS) is 18.8. The predicted molar refractivity (Wildman–Crippen MR) is 126 cm³/mol. The summed E-state index contributed by atoms with van der Waals surface area (Å²) >= 11 is 0. The third kappa shape index (κ3) is 4.97. The molecule has 4 rings (SSSR count). The van der Waals surface area contributed by atoms with E-state index in [9.17, 15) is 22.8 Å². The number of anilines is 1. The average Bonchev–Trinajstić information content (AvgIpc) is 3.53. The standard InChI is InChI=1S/C24H28N4O5S/c1-2-17-5-9-20(10-6-17)28-16-19(15-22(28)29)24(31)26-25-23(30)18-7-11-21(12-8-18)34(32,33)27-13-3-4-14-27/h5-12,19H,2-4,13-16H2,1H3,(H,25,30)(H,26,31). The lowest BCUT2D eigenvalue weighted by Gasteiger charge is -2.17. The number of rotatable bonds is 6. The molecule has 0 spiro atoms. The number of aryl methyl sites for hydroxylation is 1. The molecular formula is C24H28N4O5S. The Balaban J connectivity index is 1.32. The molecule has 10 heteroatoms. The van der Waals surface area contributed by atoms with E-state index in [4.69, 9.17) is 0 Å². The van der Waals surface area contributed by atoms with Gasteiger partial charge in [-0.05, 0) is 61.2 Å². The summed E-state index contributed by atoms with van der Waals surface area (Å²) in [5.41, 5.74) is 6.84. The van der Waals surface area contributed by atoms with E-state index >= 15 is 0 Å². The Kier molecular flexibility index (Phi) is 6.99. The number of carbonyl (C=O) groups is 3. The monoisotopic (exact) mass is 484 g/mol. The molecule has 0 radical (unpaired) electrons. The van der Waals surface area contributed by atoms with Crippen LogP contribution in [0.15, 0.2) is 53.4 Å². The lowest BCUT2D eigenvalue weighted by molar-refractivity contribution is -0.126. The Labute approximate surface area is 199 Å². The summed E-state index contributed by atoms with van der Waals surface area (Å²) in [6.07, 6.45) is 2.64. The first-order valence-corrected chi connectivity index (χ1v) is 12.8. The van der Waals surface area contributed by atoms with E-state index in [0.717, 1.165) is 30.5 Å². The fraction of sp³-hybridized carbons (Fsp3) is 0.375. The van der Waals surface area contributed by atoms with Crippen molar-refractivity contribution in [3.8, 4) is 0 Å². The van der Waals surface area contributed by atoms with Crippen LogP contribution in [0.5, 0.6) is 0 Å². The van der Waals surface area contributed by atoms with Crippen LogP contribution in [0.25, 0.3) is 0 Å². The van der Waals surface area contributed by atoms with Crippen molar-refractivity contribution in [2.75, 3.05) is 24.5 Å². The molecule has 1 atom stereocenters. The van der Waals surface area contributed by atoms with Crippen LogP contribution in [0, 0.1) is 5.92 Å². The van der Waals surface area contributed by atoms with Gasteiger partial charge in [-0.3, -0.25) is 25.2 Å². The number of hydrogen-bond acceptors (Lipinski definition) is 5. The second-order valence-electron chi connectivity index (χ2n) is 8.50. The number of sulfonamides is 1. The van der Waals surface area contributed by atoms with Gasteiger partial charge < -0.3 is 4.90 Å². The van der Waals surface area contributed by atoms with Crippen LogP contribution in [0.2, 0.25) is 0 Å². The maximum atomic E-state index is 12.6. The van der Waals surface area contributed by atoms with E-state index in [2.05, 4.69) is 17.8 Å². The van der Waals surface area contributed by atoms with Crippen molar-refractivity contribution < 1.29 is 22.8 Å². The van der Waals surface area contributed by atoms with Crippen LogP contribution >= 0.6 is 0 Å². The van der Waals surface area contributed by atoms with Gasteiger partial charge in [0, 0.05) is 37.3 Å². The van der Waals surface area contributed by atoms with E-state index in [0.29, 0.717) is 13.1 Å². The molecule has 0 saturated carbocycles. The lowest BCUT2D eigenvalue weighted by Crippen LogP contribution is -2.45. The molecule has 2 heterocycles. The smallest absolute Gasteiger partial charge is 0.269 e. The molecule has 1 unspecified atom stereocenters. The van der Waals surface area contributed by atoms with Gasteiger partial charge >= 0.3 is 0 Å². The van der Waals surface area contributed by atoms with Crippen molar-refractivity contribution in [2.45, 2.75) is 37.5 Å². The maximum Gasteiger partial charge on any atom is 0.269 e. The zero-order valence-corrected chi connectivity index (χ0v) is 19.8. The van der Waals surface area contributed by atoms with Crippen LogP contribution in [0.4, 0.5) is 5.69 Å². The van der Waals surface area contributed by atoms with E-state index < -0.39 is 27.8 Å². The second kappa shape index (κ2) is 9.94. The van der Waals surface area contributed by atoms with Crippen LogP contribution in [-0.2, 0) is 26.0 Å². The topological polar surface area (TPSA) is 116 Å². The molecule has 2 aromatic rings. The van der Waals surface area contributed by atoms with Gasteiger partial charge in [-0.1, -0.05) is 19.1 Å². The van der Waals surface area contributed by atoms with Gasteiger partial charge in [-0.2, -0.15) is 4.31 Å². The van der Waals surface area contributed by atoms with Crippen LogP contribution in [0.3, 0.4) is 0 Å². The molecule has 2 N–H and O–H groups in total. The number of benzene rings is 2. The molecule has 34 heavy (non-hydrogen) atoms. The Morgan fingerprint density at radius 3 is 2.24 bits per heavy atom. The van der Waals surface area contributed by atoms with E-state index in [1.165, 1.54) is 28.6 Å². The van der Waals surface area contributed by atoms with Gasteiger partial charge in [0.25, 0.3) is 5.91 Å². The van der Waals surface area contributed by atoms with Gasteiger partial charge in [0.15, 0.2) is 0 Å². The fourth-order valence-corrected chi connectivity index (χ4v) is 5.71. The highest BCUT2D eigenvalue weighted by atomic mass is 32.2. The molecule has 2 aliphatic heterocycles. The van der Waals surface area contributed by atoms with Gasteiger partial charge in [0.05, 0.1) is 10.8 Å². The van der Waals surface area contributed by atoms with Crippen molar-refractivity contribution in [1.29, 1.82) is 0 Å². The first-order valence-electron chi connectivity index (χ1n) is 11.4. The molecule has 2 aromatic carbocycles. The Morgan fingerprint density at radius 2 is 1.62 bits per heavy atom. The highest BCUT2D eigenvalue weighted by molar-refractivity contribution is 7.89. The molecule has 2 fully saturated rings. The summed E-state index contributed by atoms with van der Waals surface area (Å²) in [7, 11) is -3.56. The molecule has 180 valence electrons. The highest BCUT2D eigenvalue weighted by Crippen LogP contribution is 2.26. The first kappa shape index (κ1) is 23.9. The van der Waals surface area contributed by atoms with Gasteiger partial charge in [0.1, 0.15) is 0 Å². The van der Waals surface area contributed by atoms with E-state index in [1.807, 2.05) is 24.3 Å². The first-order chi connectivity index (χ1) is 16.3. The van der Waals surface area contributed by atoms with Crippen molar-refractivity contribution in [3.05, 3.63) is 59.7 Å². The third-order valence-corrected chi connectivity index (χ3v) is 8.18. The number of hydrazine groups is 1. The van der Waals surface area contributed by atoms with Crippen molar-refractivity contribution in [1.82, 2.24) is 15.2 Å². The SMILES string of the molecule is CCc1ccc(N2CC(C(=O)NNC(=O)c3ccc(S(=O)(=O)N4CCCC4)cc3)CC2=O)cc1. The molecule has 0 aliphatic carbocycles. The second-order valence-corrected chi connectivity index (χ2v) is 10.4. The lowest BCUT2D eigenvalue weighted by atomic mass is 10.1. The third-order valence-electron chi connectivity index (χ3n) is 6.27. The summed E-state index contributed by atoms with van der Waals surface area (Å²) in [4.78, 5) is 39.1. The van der Waals surface area contributed by atoms with Crippen molar-refractivity contribution in [2.24, 2.45) is 5.92 Å². The Morgan fingerprint density at radius 1 is 0.971 bits per heavy atom. The zero-order chi connectivity index (χ0) is 24.3. The number of nitrogens with zero attached hydrogens (tertiary/aromatic N) is 2. The maximum absolute atomic E-state index is 12.6. The number of nitrogens with one attached hydrogen (secondary N) is 2. The van der Waals surface area contributed by atoms with Gasteiger partial charge in [-0.25, -0.2) is 8.42 Å². The summed E-state index contributed by atoms with van der Waals surface area (Å²) in [6.45, 7) is 3.29. The molecule has 2 saturated heterocycles. The van der Waals surface area contributed by atoms with Crippen LogP contribution in [0.1, 0.15) is 42.1 Å². The number of hydrogen-bond donors (Lipinski definition) is 2. The molecular weight excluding hydrogens is 456 g/mol. The quantitative estimate of drug-likeness (QED) is 0.607. The molecule has 9 nitrogen and oxygen atoms in total. The zero-order valence-electron chi connectivity index (χ0n) is 19.0. The Hall–Kier alpha value is -3.24. The van der Waals surface area contributed by atoms with Crippen molar-refractivity contribution >= 4 is 33.4 Å². The molecule has 3 amide bonds. The summed E-state index contributed by atoms with van der Waals surface area (Å²) in [6, 6.07) is 13.2. The predicted octanol–water partition coefficient (Wildman–Crippen LogP) is 1.85. The Bertz CT molecular complexity index is 1170.